The van der Waals surface area contributed by atoms with Crippen molar-refractivity contribution in [3.63, 3.8) is 0 Å². The molecule has 5 nitrogen and oxygen atoms in total. The first-order valence-electron chi connectivity index (χ1n) is 11.7. The summed E-state index contributed by atoms with van der Waals surface area (Å²) in [4.78, 5) is 10.9. The second-order valence-corrected chi connectivity index (χ2v) is 8.50. The fourth-order valence-electron chi connectivity index (χ4n) is 4.34. The van der Waals surface area contributed by atoms with E-state index in [9.17, 15) is 5.11 Å². The van der Waals surface area contributed by atoms with Gasteiger partial charge in [0.1, 0.15) is 23.9 Å². The predicted molar refractivity (Wildman–Crippen MR) is 132 cm³/mol. The number of aromatic nitrogens is 2. The summed E-state index contributed by atoms with van der Waals surface area (Å²) in [7, 11) is 0. The number of phenolic OH excluding ortho intramolecular Hbond substituents is 1. The molecule has 1 aliphatic rings. The highest BCUT2D eigenvalue weighted by molar-refractivity contribution is 5.81. The molecular formula is C28H29N3O2. The van der Waals surface area contributed by atoms with Crippen molar-refractivity contribution < 1.29 is 9.84 Å². The summed E-state index contributed by atoms with van der Waals surface area (Å²) >= 11 is 0. The Morgan fingerprint density at radius 3 is 2.21 bits per heavy atom. The van der Waals surface area contributed by atoms with Crippen LogP contribution in [0.2, 0.25) is 0 Å². The van der Waals surface area contributed by atoms with Crippen molar-refractivity contribution in [1.82, 2.24) is 14.9 Å². The Hall–Kier alpha value is -3.57. The van der Waals surface area contributed by atoms with Gasteiger partial charge >= 0.3 is 0 Å². The van der Waals surface area contributed by atoms with Crippen LogP contribution in [0, 0.1) is 0 Å². The molecule has 0 bridgehead atoms. The molecule has 5 heteroatoms. The van der Waals surface area contributed by atoms with Crippen molar-refractivity contribution in [1.29, 1.82) is 0 Å². The van der Waals surface area contributed by atoms with Gasteiger partial charge in [0.2, 0.25) is 0 Å². The number of ether oxygens (including phenoxy) is 1. The van der Waals surface area contributed by atoms with Crippen molar-refractivity contribution in [2.45, 2.75) is 19.3 Å². The Balaban J connectivity index is 1.37. The van der Waals surface area contributed by atoms with E-state index in [0.29, 0.717) is 6.61 Å². The normalized spacial score (nSPS) is 14.3. The van der Waals surface area contributed by atoms with Gasteiger partial charge < -0.3 is 14.8 Å². The van der Waals surface area contributed by atoms with Gasteiger partial charge in [-0.25, -0.2) is 4.98 Å². The maximum Gasteiger partial charge on any atom is 0.138 e. The molecule has 33 heavy (non-hydrogen) atoms. The number of aromatic hydroxyl groups is 1. The van der Waals surface area contributed by atoms with E-state index in [1.165, 1.54) is 32.4 Å². The van der Waals surface area contributed by atoms with Crippen LogP contribution in [0.4, 0.5) is 0 Å². The zero-order valence-electron chi connectivity index (χ0n) is 18.7. The van der Waals surface area contributed by atoms with Crippen molar-refractivity contribution in [3.8, 4) is 45.4 Å². The number of phenols is 1. The first-order valence-corrected chi connectivity index (χ1v) is 11.7. The van der Waals surface area contributed by atoms with Gasteiger partial charge in [-0.2, -0.15) is 0 Å². The average molecular weight is 440 g/mol. The van der Waals surface area contributed by atoms with Crippen LogP contribution in [-0.4, -0.2) is 46.2 Å². The second-order valence-electron chi connectivity index (χ2n) is 8.50. The van der Waals surface area contributed by atoms with Crippen LogP contribution < -0.4 is 4.74 Å². The molecule has 0 radical (unpaired) electrons. The van der Waals surface area contributed by atoms with Crippen LogP contribution in [0.15, 0.2) is 78.9 Å². The highest BCUT2D eigenvalue weighted by atomic mass is 16.5. The summed E-state index contributed by atoms with van der Waals surface area (Å²) in [5.41, 5.74) is 4.89. The van der Waals surface area contributed by atoms with Gasteiger partial charge in [0.05, 0.1) is 11.4 Å². The standard InChI is InChI=1S/C28H29N3O2/c32-24-13-9-23(10-14-24)28-29-26(21-7-3-1-4-8-21)27(30-28)22-11-15-25(16-12-22)33-20-19-31-17-5-2-6-18-31/h1,3-4,7-16,32H,2,5-6,17-20H2,(H,29,30). The maximum absolute atomic E-state index is 9.64. The third-order valence-electron chi connectivity index (χ3n) is 6.16. The highest BCUT2D eigenvalue weighted by Crippen LogP contribution is 2.34. The van der Waals surface area contributed by atoms with Gasteiger partial charge in [-0.15, -0.1) is 0 Å². The summed E-state index contributed by atoms with van der Waals surface area (Å²) < 4.78 is 6.01. The summed E-state index contributed by atoms with van der Waals surface area (Å²) in [5, 5.41) is 9.64. The summed E-state index contributed by atoms with van der Waals surface area (Å²) in [5.74, 6) is 1.89. The number of piperidine rings is 1. The van der Waals surface area contributed by atoms with E-state index in [2.05, 4.69) is 34.1 Å². The van der Waals surface area contributed by atoms with E-state index in [4.69, 9.17) is 9.72 Å². The van der Waals surface area contributed by atoms with E-state index < -0.39 is 0 Å². The Labute approximate surface area is 194 Å². The molecule has 0 unspecified atom stereocenters. The zero-order valence-corrected chi connectivity index (χ0v) is 18.7. The summed E-state index contributed by atoms with van der Waals surface area (Å²) in [6, 6.07) is 25.5. The number of hydrogen-bond donors (Lipinski definition) is 2. The number of rotatable bonds is 7. The largest absolute Gasteiger partial charge is 0.508 e. The molecule has 1 fully saturated rings. The first-order chi connectivity index (χ1) is 16.3. The lowest BCUT2D eigenvalue weighted by Gasteiger charge is -2.26. The average Bonchev–Trinajstić information content (AvgIpc) is 3.32. The van der Waals surface area contributed by atoms with E-state index in [1.54, 1.807) is 12.1 Å². The maximum atomic E-state index is 9.64. The topological polar surface area (TPSA) is 61.4 Å². The van der Waals surface area contributed by atoms with Gasteiger partial charge in [0.15, 0.2) is 0 Å². The summed E-state index contributed by atoms with van der Waals surface area (Å²) in [6.45, 7) is 4.07. The van der Waals surface area contributed by atoms with Crippen molar-refractivity contribution in [2.75, 3.05) is 26.2 Å². The Morgan fingerprint density at radius 1 is 0.788 bits per heavy atom. The third-order valence-corrected chi connectivity index (χ3v) is 6.16. The number of nitrogens with one attached hydrogen (secondary N) is 1. The quantitative estimate of drug-likeness (QED) is 0.372. The zero-order chi connectivity index (χ0) is 22.5. The molecule has 2 N–H and O–H groups in total. The number of nitrogens with zero attached hydrogens (tertiary/aromatic N) is 2. The van der Waals surface area contributed by atoms with Crippen LogP contribution >= 0.6 is 0 Å². The molecule has 1 saturated heterocycles. The minimum Gasteiger partial charge on any atom is -0.508 e. The molecule has 1 aliphatic heterocycles. The number of H-pyrrole nitrogens is 1. The lowest BCUT2D eigenvalue weighted by Crippen LogP contribution is -2.33. The Kier molecular flexibility index (Phi) is 6.40. The molecule has 0 amide bonds. The third kappa shape index (κ3) is 5.10. The van der Waals surface area contributed by atoms with Crippen molar-refractivity contribution in [3.05, 3.63) is 78.9 Å². The van der Waals surface area contributed by atoms with E-state index in [1.807, 2.05) is 42.5 Å². The van der Waals surface area contributed by atoms with Crippen LogP contribution in [0.1, 0.15) is 19.3 Å². The van der Waals surface area contributed by atoms with Gasteiger partial charge in [-0.1, -0.05) is 36.8 Å². The first kappa shape index (κ1) is 21.3. The van der Waals surface area contributed by atoms with Gasteiger partial charge in [-0.05, 0) is 74.5 Å². The van der Waals surface area contributed by atoms with Gasteiger partial charge in [0, 0.05) is 23.2 Å². The van der Waals surface area contributed by atoms with Crippen LogP contribution in [-0.2, 0) is 0 Å². The molecule has 5 rings (SSSR count). The Morgan fingerprint density at radius 2 is 1.48 bits per heavy atom. The number of imidazole rings is 1. The molecule has 1 aromatic heterocycles. The smallest absolute Gasteiger partial charge is 0.138 e. The molecule has 2 heterocycles. The van der Waals surface area contributed by atoms with E-state index >= 15 is 0 Å². The number of hydrogen-bond acceptors (Lipinski definition) is 4. The SMILES string of the molecule is Oc1ccc(-c2nc(-c3ccccc3)c(-c3ccc(OCCN4CCCCC4)cc3)[nH]2)cc1. The van der Waals surface area contributed by atoms with Gasteiger partial charge in [-0.3, -0.25) is 4.90 Å². The lowest BCUT2D eigenvalue weighted by molar-refractivity contribution is 0.183. The van der Waals surface area contributed by atoms with Crippen molar-refractivity contribution >= 4 is 0 Å². The van der Waals surface area contributed by atoms with E-state index in [-0.39, 0.29) is 5.75 Å². The number of likely N-dealkylation sites (tertiary alicyclic amines) is 1. The van der Waals surface area contributed by atoms with Crippen LogP contribution in [0.5, 0.6) is 11.5 Å². The van der Waals surface area contributed by atoms with Gasteiger partial charge in [0.25, 0.3) is 0 Å². The van der Waals surface area contributed by atoms with Crippen LogP contribution in [0.25, 0.3) is 33.9 Å². The minimum atomic E-state index is 0.240. The minimum absolute atomic E-state index is 0.240. The number of benzene rings is 3. The second kappa shape index (κ2) is 9.92. The van der Waals surface area contributed by atoms with Crippen LogP contribution in [0.3, 0.4) is 0 Å². The van der Waals surface area contributed by atoms with Crippen molar-refractivity contribution in [2.24, 2.45) is 0 Å². The highest BCUT2D eigenvalue weighted by Gasteiger charge is 2.15. The fourth-order valence-corrected chi connectivity index (χ4v) is 4.34. The predicted octanol–water partition coefficient (Wildman–Crippen LogP) is 5.98. The molecule has 168 valence electrons. The number of aromatic amines is 1. The van der Waals surface area contributed by atoms with E-state index in [0.717, 1.165) is 46.2 Å². The molecular weight excluding hydrogens is 410 g/mol. The Bertz CT molecular complexity index is 1160. The molecule has 4 aromatic rings. The molecule has 0 saturated carbocycles. The lowest BCUT2D eigenvalue weighted by atomic mass is 10.1. The summed E-state index contributed by atoms with van der Waals surface area (Å²) in [6.07, 6.45) is 3.95. The fraction of sp³-hybridized carbons (Fsp3) is 0.250. The molecule has 0 spiro atoms. The molecule has 0 aliphatic carbocycles. The monoisotopic (exact) mass is 439 g/mol. The molecule has 0 atom stereocenters. The molecule has 3 aromatic carbocycles.